The van der Waals surface area contributed by atoms with Crippen LogP contribution in [0.15, 0.2) is 89.4 Å². The van der Waals surface area contributed by atoms with Crippen molar-refractivity contribution in [3.8, 4) is 0 Å². The summed E-state index contributed by atoms with van der Waals surface area (Å²) in [6.45, 7) is 2.83. The number of halogens is 2. The van der Waals surface area contributed by atoms with Crippen molar-refractivity contribution in [1.29, 1.82) is 0 Å². The van der Waals surface area contributed by atoms with Crippen molar-refractivity contribution in [2.75, 3.05) is 26.2 Å². The standard InChI is InChI=1S/C26H24BrFN2O/c27-23-12-13-24(28)22(19-23)11-14-25(31)29-15-17-30(18-16-29)26(20-7-3-1-4-8-20)21-9-5-2-6-10-21/h1-14,19,26H,15-18H2. The average molecular weight is 479 g/mol. The quantitative estimate of drug-likeness (QED) is 0.449. The fourth-order valence-electron chi connectivity index (χ4n) is 3.99. The van der Waals surface area contributed by atoms with Gasteiger partial charge in [0.05, 0.1) is 6.04 Å². The van der Waals surface area contributed by atoms with E-state index in [1.807, 2.05) is 17.0 Å². The van der Waals surface area contributed by atoms with Gasteiger partial charge in [-0.3, -0.25) is 9.69 Å². The Kier molecular flexibility index (Phi) is 6.95. The Balaban J connectivity index is 1.45. The van der Waals surface area contributed by atoms with E-state index in [2.05, 4.69) is 69.4 Å². The molecule has 158 valence electrons. The lowest BCUT2D eigenvalue weighted by molar-refractivity contribution is -0.127. The van der Waals surface area contributed by atoms with E-state index in [1.165, 1.54) is 23.3 Å². The van der Waals surface area contributed by atoms with Crippen LogP contribution in [-0.4, -0.2) is 41.9 Å². The monoisotopic (exact) mass is 478 g/mol. The Morgan fingerprint density at radius 1 is 0.871 bits per heavy atom. The Bertz CT molecular complexity index is 1010. The molecule has 1 aliphatic rings. The molecule has 1 saturated heterocycles. The molecule has 5 heteroatoms. The van der Waals surface area contributed by atoms with Crippen molar-refractivity contribution in [3.05, 3.63) is 112 Å². The third kappa shape index (κ3) is 5.30. The molecule has 0 bridgehead atoms. The minimum atomic E-state index is -0.342. The molecule has 1 amide bonds. The van der Waals surface area contributed by atoms with Crippen molar-refractivity contribution in [2.45, 2.75) is 6.04 Å². The molecule has 0 aromatic heterocycles. The maximum absolute atomic E-state index is 13.9. The molecule has 0 unspecified atom stereocenters. The summed E-state index contributed by atoms with van der Waals surface area (Å²) in [6.07, 6.45) is 3.01. The summed E-state index contributed by atoms with van der Waals surface area (Å²) in [5.74, 6) is -0.430. The van der Waals surface area contributed by atoms with Crippen LogP contribution < -0.4 is 0 Å². The first-order valence-electron chi connectivity index (χ1n) is 10.4. The van der Waals surface area contributed by atoms with Gasteiger partial charge in [0.2, 0.25) is 5.91 Å². The summed E-state index contributed by atoms with van der Waals surface area (Å²) in [5.41, 5.74) is 2.89. The molecular formula is C26H24BrFN2O. The highest BCUT2D eigenvalue weighted by molar-refractivity contribution is 9.10. The van der Waals surface area contributed by atoms with Crippen LogP contribution in [0.2, 0.25) is 0 Å². The lowest BCUT2D eigenvalue weighted by Crippen LogP contribution is -2.49. The molecule has 0 spiro atoms. The zero-order valence-electron chi connectivity index (χ0n) is 17.1. The van der Waals surface area contributed by atoms with E-state index in [4.69, 9.17) is 0 Å². The van der Waals surface area contributed by atoms with Gasteiger partial charge in [0.15, 0.2) is 0 Å². The molecule has 0 aliphatic carbocycles. The number of nitrogens with zero attached hydrogens (tertiary/aromatic N) is 2. The Morgan fingerprint density at radius 3 is 2.03 bits per heavy atom. The van der Waals surface area contributed by atoms with Crippen LogP contribution in [0, 0.1) is 5.82 Å². The second kappa shape index (κ2) is 10.0. The van der Waals surface area contributed by atoms with E-state index in [0.717, 1.165) is 17.6 Å². The van der Waals surface area contributed by atoms with Crippen LogP contribution in [0.4, 0.5) is 4.39 Å². The second-order valence-electron chi connectivity index (χ2n) is 7.58. The minimum Gasteiger partial charge on any atom is -0.337 e. The summed E-state index contributed by atoms with van der Waals surface area (Å²) in [6, 6.07) is 25.8. The zero-order chi connectivity index (χ0) is 21.6. The summed E-state index contributed by atoms with van der Waals surface area (Å²) in [7, 11) is 0. The molecule has 3 nitrogen and oxygen atoms in total. The highest BCUT2D eigenvalue weighted by Crippen LogP contribution is 2.29. The number of piperazine rings is 1. The fourth-order valence-corrected chi connectivity index (χ4v) is 4.37. The van der Waals surface area contributed by atoms with E-state index in [9.17, 15) is 9.18 Å². The number of hydrogen-bond donors (Lipinski definition) is 0. The first kappa shape index (κ1) is 21.5. The molecule has 1 aliphatic heterocycles. The van der Waals surface area contributed by atoms with Crippen LogP contribution in [0.1, 0.15) is 22.7 Å². The topological polar surface area (TPSA) is 23.6 Å². The lowest BCUT2D eigenvalue weighted by atomic mass is 9.96. The van der Waals surface area contributed by atoms with Gasteiger partial charge in [-0.15, -0.1) is 0 Å². The molecule has 0 atom stereocenters. The first-order chi connectivity index (χ1) is 15.1. The second-order valence-corrected chi connectivity index (χ2v) is 8.50. The molecule has 31 heavy (non-hydrogen) atoms. The normalized spacial score (nSPS) is 15.0. The number of carbonyl (C=O) groups is 1. The molecular weight excluding hydrogens is 455 g/mol. The van der Waals surface area contributed by atoms with E-state index < -0.39 is 0 Å². The number of amides is 1. The Morgan fingerprint density at radius 2 is 1.45 bits per heavy atom. The average Bonchev–Trinajstić information content (AvgIpc) is 2.81. The van der Waals surface area contributed by atoms with Gasteiger partial charge in [-0.1, -0.05) is 76.6 Å². The number of benzene rings is 3. The van der Waals surface area contributed by atoms with Crippen molar-refractivity contribution in [3.63, 3.8) is 0 Å². The van der Waals surface area contributed by atoms with Gasteiger partial charge < -0.3 is 4.90 Å². The lowest BCUT2D eigenvalue weighted by Gasteiger charge is -2.39. The molecule has 0 radical (unpaired) electrons. The van der Waals surface area contributed by atoms with Crippen LogP contribution in [0.25, 0.3) is 6.08 Å². The van der Waals surface area contributed by atoms with Crippen molar-refractivity contribution in [1.82, 2.24) is 9.80 Å². The summed E-state index contributed by atoms with van der Waals surface area (Å²) < 4.78 is 14.7. The van der Waals surface area contributed by atoms with Crippen molar-refractivity contribution in [2.24, 2.45) is 0 Å². The molecule has 3 aromatic rings. The SMILES string of the molecule is O=C(C=Cc1cc(Br)ccc1F)N1CCN(C(c2ccccc2)c2ccccc2)CC1. The predicted octanol–water partition coefficient (Wildman–Crippen LogP) is 5.54. The van der Waals surface area contributed by atoms with Gasteiger partial charge >= 0.3 is 0 Å². The van der Waals surface area contributed by atoms with Gasteiger partial charge in [-0.2, -0.15) is 0 Å². The number of rotatable bonds is 5. The van der Waals surface area contributed by atoms with Gasteiger partial charge in [0.25, 0.3) is 0 Å². The minimum absolute atomic E-state index is 0.0880. The third-order valence-electron chi connectivity index (χ3n) is 5.59. The number of hydrogen-bond acceptors (Lipinski definition) is 2. The smallest absolute Gasteiger partial charge is 0.246 e. The highest BCUT2D eigenvalue weighted by Gasteiger charge is 2.27. The molecule has 3 aromatic carbocycles. The van der Waals surface area contributed by atoms with Crippen LogP contribution >= 0.6 is 15.9 Å². The summed E-state index contributed by atoms with van der Waals surface area (Å²) in [5, 5.41) is 0. The Hall–Kier alpha value is -2.76. The Labute approximate surface area is 190 Å². The van der Waals surface area contributed by atoms with E-state index in [0.29, 0.717) is 18.7 Å². The maximum Gasteiger partial charge on any atom is 0.246 e. The maximum atomic E-state index is 13.9. The largest absolute Gasteiger partial charge is 0.337 e. The molecule has 4 rings (SSSR count). The van der Waals surface area contributed by atoms with Crippen molar-refractivity contribution < 1.29 is 9.18 Å². The van der Waals surface area contributed by atoms with Crippen LogP contribution in [0.5, 0.6) is 0 Å². The summed E-state index contributed by atoms with van der Waals surface area (Å²) in [4.78, 5) is 16.9. The van der Waals surface area contributed by atoms with Gasteiger partial charge in [0.1, 0.15) is 5.82 Å². The first-order valence-corrected chi connectivity index (χ1v) is 11.2. The predicted molar refractivity (Wildman–Crippen MR) is 126 cm³/mol. The fraction of sp³-hybridized carbons (Fsp3) is 0.192. The van der Waals surface area contributed by atoms with Gasteiger partial charge in [-0.25, -0.2) is 4.39 Å². The van der Waals surface area contributed by atoms with E-state index in [-0.39, 0.29) is 17.8 Å². The zero-order valence-corrected chi connectivity index (χ0v) is 18.7. The highest BCUT2D eigenvalue weighted by atomic mass is 79.9. The molecule has 0 saturated carbocycles. The molecule has 0 N–H and O–H groups in total. The van der Waals surface area contributed by atoms with Gasteiger partial charge in [-0.05, 0) is 35.4 Å². The van der Waals surface area contributed by atoms with E-state index in [1.54, 1.807) is 18.2 Å². The molecule has 1 heterocycles. The third-order valence-corrected chi connectivity index (χ3v) is 6.08. The van der Waals surface area contributed by atoms with E-state index >= 15 is 0 Å². The van der Waals surface area contributed by atoms with Crippen molar-refractivity contribution >= 4 is 27.9 Å². The molecule has 1 fully saturated rings. The van der Waals surface area contributed by atoms with Crippen LogP contribution in [-0.2, 0) is 4.79 Å². The summed E-state index contributed by atoms with van der Waals surface area (Å²) >= 11 is 3.34. The van der Waals surface area contributed by atoms with Crippen LogP contribution in [0.3, 0.4) is 0 Å². The number of carbonyl (C=O) groups excluding carboxylic acids is 1. The van der Waals surface area contributed by atoms with Gasteiger partial charge in [0, 0.05) is 42.3 Å².